The van der Waals surface area contributed by atoms with Crippen molar-refractivity contribution in [2.75, 3.05) is 6.61 Å². The largest absolute Gasteiger partial charge is 0.490 e. The van der Waals surface area contributed by atoms with Crippen molar-refractivity contribution < 1.29 is 14.6 Å². The smallest absolute Gasteiger partial charge is 0.303 e. The molecule has 0 aliphatic rings. The lowest BCUT2D eigenvalue weighted by Gasteiger charge is -2.10. The number of carboxylic acid groups (broad SMARTS) is 1. The van der Waals surface area contributed by atoms with E-state index in [4.69, 9.17) is 33.0 Å². The number of hydrogen-bond donors (Lipinski definition) is 1. The van der Waals surface area contributed by atoms with Gasteiger partial charge in [0.1, 0.15) is 0 Å². The summed E-state index contributed by atoms with van der Waals surface area (Å²) in [6, 6.07) is 3.39. The van der Waals surface area contributed by atoms with E-state index in [0.717, 1.165) is 12.0 Å². The predicted molar refractivity (Wildman–Crippen MR) is 68.2 cm³/mol. The fraction of sp³-hybridized carbons (Fsp3) is 0.417. The Kier molecular flexibility index (Phi) is 5.59. The first kappa shape index (κ1) is 14.1. The first-order chi connectivity index (χ1) is 8.04. The van der Waals surface area contributed by atoms with E-state index < -0.39 is 5.97 Å². The summed E-state index contributed by atoms with van der Waals surface area (Å²) in [5.41, 5.74) is 0.797. The quantitative estimate of drug-likeness (QED) is 0.860. The van der Waals surface area contributed by atoms with Crippen molar-refractivity contribution in [1.29, 1.82) is 0 Å². The molecule has 0 saturated carbocycles. The maximum Gasteiger partial charge on any atom is 0.303 e. The summed E-state index contributed by atoms with van der Waals surface area (Å²) in [7, 11) is 0. The minimum Gasteiger partial charge on any atom is -0.490 e. The zero-order chi connectivity index (χ0) is 12.8. The molecular formula is C12H14Cl2O3. The number of aliphatic carboxylic acids is 1. The zero-order valence-electron chi connectivity index (χ0n) is 9.50. The summed E-state index contributed by atoms with van der Waals surface area (Å²) >= 11 is 12.1. The Hall–Kier alpha value is -0.930. The van der Waals surface area contributed by atoms with Crippen molar-refractivity contribution in [2.45, 2.75) is 26.2 Å². The third kappa shape index (κ3) is 4.44. The van der Waals surface area contributed by atoms with Gasteiger partial charge < -0.3 is 9.84 Å². The molecule has 17 heavy (non-hydrogen) atoms. The normalized spacial score (nSPS) is 10.3. The van der Waals surface area contributed by atoms with E-state index in [2.05, 4.69) is 0 Å². The van der Waals surface area contributed by atoms with Gasteiger partial charge in [0, 0.05) is 6.42 Å². The Labute approximate surface area is 110 Å². The molecule has 0 atom stereocenters. The number of halogens is 2. The van der Waals surface area contributed by atoms with Gasteiger partial charge in [-0.2, -0.15) is 0 Å². The summed E-state index contributed by atoms with van der Waals surface area (Å²) in [6.07, 6.45) is 1.33. The molecular weight excluding hydrogens is 263 g/mol. The van der Waals surface area contributed by atoms with Gasteiger partial charge in [-0.3, -0.25) is 4.79 Å². The predicted octanol–water partition coefficient (Wildman–Crippen LogP) is 3.80. The molecule has 0 amide bonds. The van der Waals surface area contributed by atoms with Crippen LogP contribution >= 0.6 is 23.2 Å². The van der Waals surface area contributed by atoms with Gasteiger partial charge in [0.2, 0.25) is 0 Å². The average Bonchev–Trinajstić information content (AvgIpc) is 2.25. The number of ether oxygens (including phenoxy) is 1. The topological polar surface area (TPSA) is 46.5 Å². The molecule has 0 aliphatic carbocycles. The second-order valence-corrected chi connectivity index (χ2v) is 4.45. The summed E-state index contributed by atoms with van der Waals surface area (Å²) in [5, 5.41) is 9.44. The number of rotatable bonds is 6. The van der Waals surface area contributed by atoms with Crippen molar-refractivity contribution in [3.05, 3.63) is 27.7 Å². The number of carboxylic acids is 1. The van der Waals surface area contributed by atoms with E-state index in [9.17, 15) is 4.79 Å². The van der Waals surface area contributed by atoms with E-state index in [1.807, 2.05) is 6.92 Å². The zero-order valence-corrected chi connectivity index (χ0v) is 11.0. The molecule has 94 valence electrons. The highest BCUT2D eigenvalue weighted by Crippen LogP contribution is 2.34. The molecule has 0 spiro atoms. The Bertz CT molecular complexity index is 382. The first-order valence-electron chi connectivity index (χ1n) is 5.37. The molecule has 0 fully saturated rings. The Morgan fingerprint density at radius 3 is 2.41 bits per heavy atom. The Balaban J connectivity index is 2.81. The first-order valence-corrected chi connectivity index (χ1v) is 6.12. The fourth-order valence-corrected chi connectivity index (χ4v) is 1.99. The molecule has 0 unspecified atom stereocenters. The van der Waals surface area contributed by atoms with Gasteiger partial charge in [0.25, 0.3) is 0 Å². The maximum atomic E-state index is 10.5. The van der Waals surface area contributed by atoms with E-state index in [1.165, 1.54) is 0 Å². The van der Waals surface area contributed by atoms with E-state index in [-0.39, 0.29) is 6.42 Å². The van der Waals surface area contributed by atoms with Crippen LogP contribution in [-0.4, -0.2) is 17.7 Å². The van der Waals surface area contributed by atoms with Crippen LogP contribution in [0.1, 0.15) is 25.3 Å². The van der Waals surface area contributed by atoms with Gasteiger partial charge in [-0.15, -0.1) is 0 Å². The molecule has 0 aromatic heterocycles. The van der Waals surface area contributed by atoms with Crippen molar-refractivity contribution >= 4 is 29.2 Å². The van der Waals surface area contributed by atoms with Crippen molar-refractivity contribution in [3.63, 3.8) is 0 Å². The average molecular weight is 277 g/mol. The fourth-order valence-electron chi connectivity index (χ4n) is 1.35. The van der Waals surface area contributed by atoms with Crippen LogP contribution in [0, 0.1) is 0 Å². The van der Waals surface area contributed by atoms with Crippen LogP contribution in [0.15, 0.2) is 12.1 Å². The van der Waals surface area contributed by atoms with E-state index in [0.29, 0.717) is 28.8 Å². The van der Waals surface area contributed by atoms with Crippen molar-refractivity contribution in [1.82, 2.24) is 0 Å². The van der Waals surface area contributed by atoms with Crippen LogP contribution in [0.25, 0.3) is 0 Å². The molecule has 1 N–H and O–H groups in total. The Morgan fingerprint density at radius 2 is 1.94 bits per heavy atom. The molecule has 1 rings (SSSR count). The number of benzene rings is 1. The molecule has 0 radical (unpaired) electrons. The van der Waals surface area contributed by atoms with Crippen LogP contribution in [0.3, 0.4) is 0 Å². The monoisotopic (exact) mass is 276 g/mol. The molecule has 0 bridgehead atoms. The van der Waals surface area contributed by atoms with Gasteiger partial charge >= 0.3 is 5.97 Å². The number of hydrogen-bond acceptors (Lipinski definition) is 2. The Morgan fingerprint density at radius 1 is 1.35 bits per heavy atom. The van der Waals surface area contributed by atoms with Crippen LogP contribution in [0.2, 0.25) is 10.0 Å². The van der Waals surface area contributed by atoms with Gasteiger partial charge in [-0.25, -0.2) is 0 Å². The standard InChI is InChI=1S/C12H14Cl2O3/c1-2-5-17-12-9(13)6-8(7-10(12)14)3-4-11(15)16/h6-7H,2-5H2,1H3,(H,15,16). The van der Waals surface area contributed by atoms with Crippen LogP contribution in [0.4, 0.5) is 0 Å². The molecule has 3 nitrogen and oxygen atoms in total. The van der Waals surface area contributed by atoms with Crippen LogP contribution in [-0.2, 0) is 11.2 Å². The number of carbonyl (C=O) groups is 1. The minimum absolute atomic E-state index is 0.0574. The van der Waals surface area contributed by atoms with Crippen molar-refractivity contribution in [3.8, 4) is 5.75 Å². The van der Waals surface area contributed by atoms with E-state index in [1.54, 1.807) is 12.1 Å². The molecule has 0 saturated heterocycles. The molecule has 0 heterocycles. The number of aryl methyl sites for hydroxylation is 1. The summed E-state index contributed by atoms with van der Waals surface area (Å²) in [5.74, 6) is -0.377. The van der Waals surface area contributed by atoms with Crippen LogP contribution < -0.4 is 4.74 Å². The van der Waals surface area contributed by atoms with E-state index >= 15 is 0 Å². The minimum atomic E-state index is -0.844. The molecule has 1 aromatic carbocycles. The maximum absolute atomic E-state index is 10.5. The second kappa shape index (κ2) is 6.72. The SMILES string of the molecule is CCCOc1c(Cl)cc(CCC(=O)O)cc1Cl. The lowest BCUT2D eigenvalue weighted by atomic mass is 10.1. The highest BCUT2D eigenvalue weighted by molar-refractivity contribution is 6.37. The second-order valence-electron chi connectivity index (χ2n) is 3.63. The summed E-state index contributed by atoms with van der Waals surface area (Å²) < 4.78 is 5.42. The highest BCUT2D eigenvalue weighted by atomic mass is 35.5. The molecule has 5 heteroatoms. The third-order valence-corrected chi connectivity index (χ3v) is 2.70. The van der Waals surface area contributed by atoms with Gasteiger partial charge in [-0.05, 0) is 30.5 Å². The molecule has 0 aliphatic heterocycles. The third-order valence-electron chi connectivity index (χ3n) is 2.14. The lowest BCUT2D eigenvalue weighted by Crippen LogP contribution is -2.00. The molecule has 1 aromatic rings. The highest BCUT2D eigenvalue weighted by Gasteiger charge is 2.10. The lowest BCUT2D eigenvalue weighted by molar-refractivity contribution is -0.136. The summed E-state index contributed by atoms with van der Waals surface area (Å²) in [4.78, 5) is 10.5. The van der Waals surface area contributed by atoms with Crippen LogP contribution in [0.5, 0.6) is 5.75 Å². The van der Waals surface area contributed by atoms with Gasteiger partial charge in [0.05, 0.1) is 16.7 Å². The van der Waals surface area contributed by atoms with Gasteiger partial charge in [0.15, 0.2) is 5.75 Å². The van der Waals surface area contributed by atoms with Gasteiger partial charge in [-0.1, -0.05) is 30.1 Å². The van der Waals surface area contributed by atoms with Crippen molar-refractivity contribution in [2.24, 2.45) is 0 Å². The summed E-state index contributed by atoms with van der Waals surface area (Å²) in [6.45, 7) is 2.54.